The molecule has 37 heavy (non-hydrogen) atoms. The molecule has 0 spiro atoms. The Bertz CT molecular complexity index is 1460. The number of imide groups is 1. The van der Waals surface area contributed by atoms with Crippen LogP contribution in [-0.4, -0.2) is 74.3 Å². The van der Waals surface area contributed by atoms with Gasteiger partial charge < -0.3 is 24.1 Å². The smallest absolute Gasteiger partial charge is 0.328 e. The Kier molecular flexibility index (Phi) is 5.80. The third kappa shape index (κ3) is 3.99. The number of aromatic hydroxyl groups is 1. The maximum absolute atomic E-state index is 13.7. The lowest BCUT2D eigenvalue weighted by atomic mass is 9.89. The van der Waals surface area contributed by atoms with Crippen LogP contribution in [0.5, 0.6) is 11.5 Å². The van der Waals surface area contributed by atoms with E-state index < -0.39 is 12.1 Å². The van der Waals surface area contributed by atoms with Gasteiger partial charge in [0.05, 0.1) is 12.9 Å². The molecule has 10 heteroatoms. The van der Waals surface area contributed by atoms with Crippen LogP contribution in [0.4, 0.5) is 4.79 Å². The number of imidazole rings is 1. The average molecular weight is 502 g/mol. The van der Waals surface area contributed by atoms with Gasteiger partial charge in [0.2, 0.25) is 0 Å². The zero-order chi connectivity index (χ0) is 25.5. The van der Waals surface area contributed by atoms with Gasteiger partial charge in [0.15, 0.2) is 0 Å². The second kappa shape index (κ2) is 9.29. The topological polar surface area (TPSA) is 113 Å². The fourth-order valence-electron chi connectivity index (χ4n) is 5.37. The van der Waals surface area contributed by atoms with E-state index in [1.807, 2.05) is 28.8 Å². The van der Waals surface area contributed by atoms with E-state index in [2.05, 4.69) is 9.97 Å². The third-order valence-corrected chi connectivity index (χ3v) is 7.08. The van der Waals surface area contributed by atoms with Crippen molar-refractivity contribution in [3.63, 3.8) is 0 Å². The summed E-state index contributed by atoms with van der Waals surface area (Å²) in [5, 5.41) is 11.2. The number of H-pyrrole nitrogens is 1. The summed E-state index contributed by atoms with van der Waals surface area (Å²) in [6.07, 6.45) is 5.52. The molecule has 2 aromatic heterocycles. The molecule has 2 aromatic carbocycles. The number of carbonyl (C=O) groups is 2. The second-order valence-electron chi connectivity index (χ2n) is 9.26. The number of methoxy groups -OCH3 is 1. The minimum atomic E-state index is -0.646. The molecule has 4 heterocycles. The first-order chi connectivity index (χ1) is 18.0. The molecule has 190 valence electrons. The van der Waals surface area contributed by atoms with Crippen LogP contribution in [0.25, 0.3) is 10.9 Å². The van der Waals surface area contributed by atoms with Crippen molar-refractivity contribution in [3.8, 4) is 11.5 Å². The van der Waals surface area contributed by atoms with Crippen molar-refractivity contribution in [2.45, 2.75) is 25.0 Å². The molecular weight excluding hydrogens is 474 g/mol. The number of rotatable bonds is 8. The van der Waals surface area contributed by atoms with Crippen molar-refractivity contribution in [2.75, 3.05) is 26.9 Å². The number of ether oxygens (including phenoxy) is 2. The van der Waals surface area contributed by atoms with Gasteiger partial charge in [0, 0.05) is 55.6 Å². The highest BCUT2D eigenvalue weighted by Crippen LogP contribution is 2.45. The molecule has 2 aliphatic heterocycles. The van der Waals surface area contributed by atoms with Crippen molar-refractivity contribution in [3.05, 3.63) is 78.0 Å². The number of phenolic OH excluding ortho intramolecular Hbond substituents is 1. The number of nitrogens with zero attached hydrogens (tertiary/aromatic N) is 4. The fourth-order valence-corrected chi connectivity index (χ4v) is 5.37. The SMILES string of the molecule is COCCOc1ccc2[nH]c3c(c2c1)CC1C(=O)N(CCn2ccnc2)C(=O)N1C3c1cccc(O)c1. The molecule has 2 unspecified atom stereocenters. The van der Waals surface area contributed by atoms with Gasteiger partial charge in [-0.15, -0.1) is 0 Å². The first kappa shape index (κ1) is 23.1. The maximum atomic E-state index is 13.7. The molecule has 1 fully saturated rings. The highest BCUT2D eigenvalue weighted by Gasteiger charge is 2.52. The largest absolute Gasteiger partial charge is 0.508 e. The van der Waals surface area contributed by atoms with Crippen LogP contribution in [0.15, 0.2) is 61.2 Å². The predicted octanol–water partition coefficient (Wildman–Crippen LogP) is 3.07. The summed E-state index contributed by atoms with van der Waals surface area (Å²) >= 11 is 0. The lowest BCUT2D eigenvalue weighted by Crippen LogP contribution is -2.44. The van der Waals surface area contributed by atoms with Gasteiger partial charge in [-0.05, 0) is 41.5 Å². The van der Waals surface area contributed by atoms with E-state index >= 15 is 0 Å². The first-order valence-corrected chi connectivity index (χ1v) is 12.2. The molecular formula is C27H27N5O5. The molecule has 3 amide bonds. The van der Waals surface area contributed by atoms with E-state index in [1.54, 1.807) is 48.9 Å². The number of fused-ring (bicyclic) bond motifs is 4. The zero-order valence-electron chi connectivity index (χ0n) is 20.3. The summed E-state index contributed by atoms with van der Waals surface area (Å²) in [6, 6.07) is 11.1. The second-order valence-corrected chi connectivity index (χ2v) is 9.26. The molecule has 0 bridgehead atoms. The minimum Gasteiger partial charge on any atom is -0.508 e. The standard InChI is InChI=1S/C27H27N5O5/c1-36-11-12-37-19-5-6-22-20(14-19)21-15-23-26(34)31(10-9-30-8-7-28-16-30)27(35)32(23)25(24(21)29-22)17-3-2-4-18(33)13-17/h2-8,13-14,16,23,25,29,33H,9-12,15H2,1H3. The Hall–Kier alpha value is -4.31. The van der Waals surface area contributed by atoms with Crippen LogP contribution in [0.3, 0.4) is 0 Å². The lowest BCUT2D eigenvalue weighted by molar-refractivity contribution is -0.128. The van der Waals surface area contributed by atoms with Gasteiger partial charge in [-0.2, -0.15) is 0 Å². The van der Waals surface area contributed by atoms with Gasteiger partial charge >= 0.3 is 6.03 Å². The van der Waals surface area contributed by atoms with Crippen LogP contribution < -0.4 is 4.74 Å². The number of aromatic amines is 1. The molecule has 0 aliphatic carbocycles. The van der Waals surface area contributed by atoms with Crippen LogP contribution in [0, 0.1) is 0 Å². The summed E-state index contributed by atoms with van der Waals surface area (Å²) in [5.74, 6) is 0.585. The van der Waals surface area contributed by atoms with Crippen molar-refractivity contribution < 1.29 is 24.2 Å². The number of phenols is 1. The van der Waals surface area contributed by atoms with Crippen LogP contribution in [0.1, 0.15) is 22.9 Å². The molecule has 0 radical (unpaired) electrons. The third-order valence-electron chi connectivity index (χ3n) is 7.08. The van der Waals surface area contributed by atoms with Crippen molar-refractivity contribution in [2.24, 2.45) is 0 Å². The number of benzene rings is 2. The summed E-state index contributed by atoms with van der Waals surface area (Å²) in [5.41, 5.74) is 3.43. The quantitative estimate of drug-likeness (QED) is 0.283. The minimum absolute atomic E-state index is 0.0982. The highest BCUT2D eigenvalue weighted by molar-refractivity contribution is 6.05. The Labute approximate surface area is 213 Å². The number of carbonyl (C=O) groups excluding carboxylic acids is 2. The van der Waals surface area contributed by atoms with Crippen molar-refractivity contribution in [1.29, 1.82) is 0 Å². The van der Waals surface area contributed by atoms with Gasteiger partial charge in [-0.3, -0.25) is 14.6 Å². The van der Waals surface area contributed by atoms with E-state index in [9.17, 15) is 14.7 Å². The maximum Gasteiger partial charge on any atom is 0.328 e. The predicted molar refractivity (Wildman–Crippen MR) is 134 cm³/mol. The number of amides is 3. The van der Waals surface area contributed by atoms with Gasteiger partial charge in [0.25, 0.3) is 5.91 Å². The Balaban J connectivity index is 1.41. The average Bonchev–Trinajstić information content (AvgIpc) is 3.60. The Morgan fingerprint density at radius 3 is 2.81 bits per heavy atom. The Morgan fingerprint density at radius 1 is 1.14 bits per heavy atom. The molecule has 2 N–H and O–H groups in total. The van der Waals surface area contributed by atoms with Gasteiger partial charge in [-0.25, -0.2) is 9.78 Å². The summed E-state index contributed by atoms with van der Waals surface area (Å²) in [4.78, 5) is 37.8. The summed E-state index contributed by atoms with van der Waals surface area (Å²) in [7, 11) is 1.63. The summed E-state index contributed by atoms with van der Waals surface area (Å²) in [6.45, 7) is 1.62. The first-order valence-electron chi connectivity index (χ1n) is 12.2. The number of nitrogens with one attached hydrogen (secondary N) is 1. The van der Waals surface area contributed by atoms with Gasteiger partial charge in [-0.1, -0.05) is 12.1 Å². The molecule has 2 atom stereocenters. The molecule has 0 saturated carbocycles. The van der Waals surface area contributed by atoms with Crippen LogP contribution in [0.2, 0.25) is 0 Å². The highest BCUT2D eigenvalue weighted by atomic mass is 16.5. The van der Waals surface area contributed by atoms with Gasteiger partial charge in [0.1, 0.15) is 30.2 Å². The van der Waals surface area contributed by atoms with Crippen molar-refractivity contribution in [1.82, 2.24) is 24.3 Å². The van der Waals surface area contributed by atoms with E-state index in [0.29, 0.717) is 31.9 Å². The van der Waals surface area contributed by atoms with Crippen LogP contribution in [-0.2, 0) is 22.5 Å². The normalized spacial score (nSPS) is 18.9. The molecule has 6 rings (SSSR count). The Morgan fingerprint density at radius 2 is 2.03 bits per heavy atom. The molecule has 2 aliphatic rings. The lowest BCUT2D eigenvalue weighted by Gasteiger charge is -2.36. The number of hydrogen-bond donors (Lipinski definition) is 2. The molecule has 4 aromatic rings. The van der Waals surface area contributed by atoms with E-state index in [1.165, 1.54) is 4.90 Å². The van der Waals surface area contributed by atoms with Crippen molar-refractivity contribution >= 4 is 22.8 Å². The monoisotopic (exact) mass is 501 g/mol. The zero-order valence-corrected chi connectivity index (χ0v) is 20.3. The fraction of sp³-hybridized carbons (Fsp3) is 0.296. The molecule has 10 nitrogen and oxygen atoms in total. The number of urea groups is 1. The molecule has 1 saturated heterocycles. The summed E-state index contributed by atoms with van der Waals surface area (Å²) < 4.78 is 12.8. The van der Waals surface area contributed by atoms with Crippen LogP contribution >= 0.6 is 0 Å². The van der Waals surface area contributed by atoms with E-state index in [-0.39, 0.29) is 24.2 Å². The number of aromatic nitrogens is 3. The number of hydrogen-bond acceptors (Lipinski definition) is 6. The van der Waals surface area contributed by atoms with E-state index in [4.69, 9.17) is 9.47 Å². The van der Waals surface area contributed by atoms with E-state index in [0.717, 1.165) is 27.7 Å².